The van der Waals surface area contributed by atoms with Crippen LogP contribution in [0.5, 0.6) is 0 Å². The van der Waals surface area contributed by atoms with Gasteiger partial charge in [0.15, 0.2) is 0 Å². The summed E-state index contributed by atoms with van der Waals surface area (Å²) in [6.45, 7) is 0. The molecule has 1 aromatic rings. The zero-order valence-corrected chi connectivity index (χ0v) is 7.13. The average molecular weight is 205 g/mol. The Hall–Kier alpha value is -1.17. The van der Waals surface area contributed by atoms with Gasteiger partial charge in [-0.3, -0.25) is 10.1 Å². The molecule has 0 aliphatic carbocycles. The van der Waals surface area contributed by atoms with E-state index in [1.54, 1.807) is 0 Å². The van der Waals surface area contributed by atoms with Crippen LogP contribution in [-0.2, 0) is 0 Å². The second kappa shape index (κ2) is 4.18. The average Bonchev–Trinajstić information content (AvgIpc) is 2.03. The lowest BCUT2D eigenvalue weighted by Gasteiger charge is -1.98. The zero-order valence-electron chi connectivity index (χ0n) is 6.31. The van der Waals surface area contributed by atoms with E-state index in [2.05, 4.69) is 0 Å². The number of nitrogens with zero attached hydrogens (tertiary/aromatic N) is 1. The van der Waals surface area contributed by atoms with Crippen LogP contribution in [0.1, 0.15) is 0 Å². The molecule has 0 spiro atoms. The van der Waals surface area contributed by atoms with E-state index in [0.717, 1.165) is 6.07 Å². The number of thioether (sulfide) groups is 1. The molecule has 0 saturated carbocycles. The first-order valence-corrected chi connectivity index (χ1v) is 4.17. The minimum atomic E-state index is -2.55. The van der Waals surface area contributed by atoms with Crippen molar-refractivity contribution >= 4 is 17.4 Å². The molecule has 6 heteroatoms. The molecule has 0 fully saturated rings. The summed E-state index contributed by atoms with van der Waals surface area (Å²) >= 11 is 0.292. The molecule has 0 unspecified atom stereocenters. The van der Waals surface area contributed by atoms with Crippen molar-refractivity contribution in [3.05, 3.63) is 34.4 Å². The molecule has 0 aliphatic heterocycles. The van der Waals surface area contributed by atoms with Gasteiger partial charge in [-0.2, -0.15) is 8.78 Å². The number of rotatable bonds is 3. The Kier molecular flexibility index (Phi) is 3.18. The molecule has 1 aromatic carbocycles. The van der Waals surface area contributed by atoms with Gasteiger partial charge in [0.05, 0.1) is 4.92 Å². The van der Waals surface area contributed by atoms with Gasteiger partial charge in [-0.05, 0) is 6.07 Å². The Balaban J connectivity index is 2.85. The van der Waals surface area contributed by atoms with Crippen LogP contribution in [0, 0.1) is 10.1 Å². The fourth-order valence-electron chi connectivity index (χ4n) is 0.773. The van der Waals surface area contributed by atoms with Crippen LogP contribution < -0.4 is 0 Å². The highest BCUT2D eigenvalue weighted by atomic mass is 32.2. The van der Waals surface area contributed by atoms with Crippen LogP contribution in [0.4, 0.5) is 14.5 Å². The lowest BCUT2D eigenvalue weighted by molar-refractivity contribution is -0.385. The second-order valence-electron chi connectivity index (χ2n) is 2.13. The van der Waals surface area contributed by atoms with Gasteiger partial charge in [-0.1, -0.05) is 17.8 Å². The highest BCUT2D eigenvalue weighted by molar-refractivity contribution is 7.99. The van der Waals surface area contributed by atoms with Crippen LogP contribution in [0.2, 0.25) is 0 Å². The van der Waals surface area contributed by atoms with Crippen molar-refractivity contribution in [2.24, 2.45) is 0 Å². The van der Waals surface area contributed by atoms with E-state index in [1.165, 1.54) is 18.2 Å². The van der Waals surface area contributed by atoms with Gasteiger partial charge in [-0.25, -0.2) is 0 Å². The Labute approximate surface area is 76.9 Å². The summed E-state index contributed by atoms with van der Waals surface area (Å²) in [7, 11) is 0. The molecule has 0 aromatic heterocycles. The van der Waals surface area contributed by atoms with Crippen LogP contribution in [0.15, 0.2) is 29.2 Å². The van der Waals surface area contributed by atoms with E-state index in [4.69, 9.17) is 0 Å². The predicted molar refractivity (Wildman–Crippen MR) is 45.0 cm³/mol. The third-order valence-corrected chi connectivity index (χ3v) is 1.96. The van der Waals surface area contributed by atoms with Crippen molar-refractivity contribution in [2.75, 3.05) is 0 Å². The Bertz CT molecular complexity index is 319. The Morgan fingerprint density at radius 2 is 2.15 bits per heavy atom. The first-order chi connectivity index (χ1) is 6.09. The normalized spacial score (nSPS) is 10.4. The maximum absolute atomic E-state index is 11.8. The molecule has 1 rings (SSSR count). The molecule has 0 N–H and O–H groups in total. The molecule has 0 aliphatic rings. The zero-order chi connectivity index (χ0) is 9.84. The molecule has 13 heavy (non-hydrogen) atoms. The summed E-state index contributed by atoms with van der Waals surface area (Å²) in [6.07, 6.45) is 0. The largest absolute Gasteiger partial charge is 0.288 e. The molecule has 0 saturated heterocycles. The maximum Gasteiger partial charge on any atom is 0.288 e. The smallest absolute Gasteiger partial charge is 0.258 e. The van der Waals surface area contributed by atoms with Gasteiger partial charge in [0, 0.05) is 17.0 Å². The number of alkyl halides is 2. The Morgan fingerprint density at radius 3 is 2.69 bits per heavy atom. The monoisotopic (exact) mass is 205 g/mol. The van der Waals surface area contributed by atoms with E-state index in [1.807, 2.05) is 0 Å². The van der Waals surface area contributed by atoms with E-state index in [-0.39, 0.29) is 10.6 Å². The van der Waals surface area contributed by atoms with Gasteiger partial charge in [0.2, 0.25) is 0 Å². The van der Waals surface area contributed by atoms with Crippen LogP contribution in [-0.4, -0.2) is 10.7 Å². The molecule has 70 valence electrons. The van der Waals surface area contributed by atoms with Gasteiger partial charge >= 0.3 is 0 Å². The summed E-state index contributed by atoms with van der Waals surface area (Å²) in [4.78, 5) is 9.83. The number of nitro benzene ring substituents is 1. The van der Waals surface area contributed by atoms with Crippen molar-refractivity contribution in [3.63, 3.8) is 0 Å². The van der Waals surface area contributed by atoms with Crippen molar-refractivity contribution in [1.82, 2.24) is 0 Å². The van der Waals surface area contributed by atoms with Crippen LogP contribution in [0.3, 0.4) is 0 Å². The SMILES string of the molecule is O=[N+]([O-])c1cccc(SC(F)F)c1. The summed E-state index contributed by atoms with van der Waals surface area (Å²) in [5.74, 6) is -2.55. The van der Waals surface area contributed by atoms with Crippen molar-refractivity contribution in [2.45, 2.75) is 10.7 Å². The number of hydrogen-bond acceptors (Lipinski definition) is 3. The third-order valence-electron chi connectivity index (χ3n) is 1.25. The minimum Gasteiger partial charge on any atom is -0.258 e. The van der Waals surface area contributed by atoms with Gasteiger partial charge < -0.3 is 0 Å². The number of nitro groups is 1. The molecule has 0 amide bonds. The molecule has 0 heterocycles. The van der Waals surface area contributed by atoms with E-state index < -0.39 is 10.7 Å². The maximum atomic E-state index is 11.8. The quantitative estimate of drug-likeness (QED) is 0.433. The summed E-state index contributed by atoms with van der Waals surface area (Å²) in [5.41, 5.74) is -0.175. The summed E-state index contributed by atoms with van der Waals surface area (Å²) in [6, 6.07) is 5.17. The number of hydrogen-bond donors (Lipinski definition) is 0. The molecule has 3 nitrogen and oxygen atoms in total. The molecular formula is C7H5F2NO2S. The minimum absolute atomic E-state index is 0.175. The summed E-state index contributed by atoms with van der Waals surface area (Å²) in [5, 5.41) is 10.2. The second-order valence-corrected chi connectivity index (χ2v) is 3.20. The van der Waals surface area contributed by atoms with Gasteiger partial charge in [0.25, 0.3) is 11.4 Å². The summed E-state index contributed by atoms with van der Waals surface area (Å²) < 4.78 is 23.7. The first-order valence-electron chi connectivity index (χ1n) is 3.29. The van der Waals surface area contributed by atoms with Crippen molar-refractivity contribution in [3.8, 4) is 0 Å². The van der Waals surface area contributed by atoms with E-state index >= 15 is 0 Å². The molecule has 0 atom stereocenters. The predicted octanol–water partition coefficient (Wildman–Crippen LogP) is 2.91. The fourth-order valence-corrected chi connectivity index (χ4v) is 1.32. The van der Waals surface area contributed by atoms with Crippen molar-refractivity contribution < 1.29 is 13.7 Å². The topological polar surface area (TPSA) is 43.1 Å². The van der Waals surface area contributed by atoms with Crippen LogP contribution >= 0.6 is 11.8 Å². The van der Waals surface area contributed by atoms with Gasteiger partial charge in [-0.15, -0.1) is 0 Å². The van der Waals surface area contributed by atoms with E-state index in [0.29, 0.717) is 11.8 Å². The fraction of sp³-hybridized carbons (Fsp3) is 0.143. The number of benzene rings is 1. The van der Waals surface area contributed by atoms with Gasteiger partial charge in [0.1, 0.15) is 0 Å². The highest BCUT2D eigenvalue weighted by Gasteiger charge is 2.09. The lowest BCUT2D eigenvalue weighted by Crippen LogP contribution is -1.88. The van der Waals surface area contributed by atoms with Crippen molar-refractivity contribution in [1.29, 1.82) is 0 Å². The Morgan fingerprint density at radius 1 is 1.46 bits per heavy atom. The highest BCUT2D eigenvalue weighted by Crippen LogP contribution is 2.27. The molecular weight excluding hydrogens is 200 g/mol. The third kappa shape index (κ3) is 2.98. The van der Waals surface area contributed by atoms with E-state index in [9.17, 15) is 18.9 Å². The lowest BCUT2D eigenvalue weighted by atomic mass is 10.3. The standard InChI is InChI=1S/C7H5F2NO2S/c8-7(9)13-6-3-1-2-5(4-6)10(11)12/h1-4,7H. The number of halogens is 2. The number of non-ortho nitro benzene ring substituents is 1. The molecule has 0 radical (unpaired) electrons. The molecule has 0 bridgehead atoms. The van der Waals surface area contributed by atoms with Crippen LogP contribution in [0.25, 0.3) is 0 Å². The first kappa shape index (κ1) is 9.91.